The van der Waals surface area contributed by atoms with E-state index in [4.69, 9.17) is 11.2 Å². The highest BCUT2D eigenvalue weighted by Crippen LogP contribution is 2.23. The number of carbonyl (C=O) groups excluding carboxylic acids is 2. The van der Waals surface area contributed by atoms with E-state index in [9.17, 15) is 9.59 Å². The number of aromatic nitrogens is 1. The average molecular weight is 495 g/mol. The van der Waals surface area contributed by atoms with Crippen molar-refractivity contribution in [1.82, 2.24) is 9.47 Å². The van der Waals surface area contributed by atoms with E-state index >= 15 is 0 Å². The van der Waals surface area contributed by atoms with Gasteiger partial charge in [0.2, 0.25) is 5.91 Å². The van der Waals surface area contributed by atoms with Gasteiger partial charge in [0.05, 0.1) is 35.4 Å². The van der Waals surface area contributed by atoms with E-state index in [-0.39, 0.29) is 23.3 Å². The third-order valence-electron chi connectivity index (χ3n) is 5.56. The lowest BCUT2D eigenvalue weighted by Crippen LogP contribution is -2.49. The zero-order valence-electron chi connectivity index (χ0n) is 19.0. The fourth-order valence-corrected chi connectivity index (χ4v) is 5.59. The zero-order chi connectivity index (χ0) is 23.9. The number of terminal acetylenes is 1. The first-order valence-electron chi connectivity index (χ1n) is 10.9. The van der Waals surface area contributed by atoms with Crippen LogP contribution in [0.1, 0.15) is 0 Å². The highest BCUT2D eigenvalue weighted by molar-refractivity contribution is 8.00. The molecule has 0 saturated carbocycles. The van der Waals surface area contributed by atoms with Crippen LogP contribution in [0.4, 0.5) is 5.69 Å². The Bertz CT molecular complexity index is 1270. The molecule has 0 bridgehead atoms. The second-order valence-corrected chi connectivity index (χ2v) is 9.70. The van der Waals surface area contributed by atoms with E-state index in [1.165, 1.54) is 28.8 Å². The minimum atomic E-state index is -0.281. The lowest BCUT2D eigenvalue weighted by molar-refractivity contribution is -0.128. The van der Waals surface area contributed by atoms with E-state index in [0.717, 1.165) is 29.1 Å². The standard InChI is InChI=1S/C25H26N4O3S2/c1-3-11-29-21-10-9-20(32-2)16-22(21)34-25(29)26-23(30)17-33-18-24(31)28-14-12-27(13-15-28)19-7-5-4-6-8-19/h1,4-10,16H,11-15,17-18H2,2H3. The van der Waals surface area contributed by atoms with Gasteiger partial charge in [-0.3, -0.25) is 9.59 Å². The number of amides is 2. The van der Waals surface area contributed by atoms with E-state index in [1.54, 1.807) is 7.11 Å². The molecule has 0 spiro atoms. The molecule has 34 heavy (non-hydrogen) atoms. The number of ether oxygens (including phenoxy) is 1. The summed E-state index contributed by atoms with van der Waals surface area (Å²) in [7, 11) is 1.61. The van der Waals surface area contributed by atoms with Crippen LogP contribution in [0.15, 0.2) is 53.5 Å². The van der Waals surface area contributed by atoms with Gasteiger partial charge >= 0.3 is 0 Å². The molecular formula is C25H26N4O3S2. The Morgan fingerprint density at radius 1 is 1.12 bits per heavy atom. The molecule has 1 saturated heterocycles. The van der Waals surface area contributed by atoms with Gasteiger partial charge < -0.3 is 19.1 Å². The molecule has 1 fully saturated rings. The summed E-state index contributed by atoms with van der Waals surface area (Å²) >= 11 is 2.69. The number of benzene rings is 2. The van der Waals surface area contributed by atoms with Crippen molar-refractivity contribution in [1.29, 1.82) is 0 Å². The van der Waals surface area contributed by atoms with Crippen molar-refractivity contribution >= 4 is 50.8 Å². The minimum Gasteiger partial charge on any atom is -0.497 e. The fourth-order valence-electron chi connectivity index (χ4n) is 3.82. The van der Waals surface area contributed by atoms with Gasteiger partial charge in [0.15, 0.2) is 4.80 Å². The summed E-state index contributed by atoms with van der Waals surface area (Å²) in [6.45, 7) is 3.30. The van der Waals surface area contributed by atoms with Crippen molar-refractivity contribution in [3.63, 3.8) is 0 Å². The molecule has 0 N–H and O–H groups in total. The number of hydrogen-bond donors (Lipinski definition) is 0. The molecule has 0 radical (unpaired) electrons. The number of methoxy groups -OCH3 is 1. The Labute approximate surface area is 207 Å². The molecule has 0 unspecified atom stereocenters. The van der Waals surface area contributed by atoms with Crippen LogP contribution in [0.2, 0.25) is 0 Å². The summed E-state index contributed by atoms with van der Waals surface area (Å²) in [6, 6.07) is 15.9. The first kappa shape index (κ1) is 23.9. The molecule has 3 aromatic rings. The minimum absolute atomic E-state index is 0.0573. The monoisotopic (exact) mass is 494 g/mol. The second-order valence-electron chi connectivity index (χ2n) is 7.71. The van der Waals surface area contributed by atoms with Crippen molar-refractivity contribution < 1.29 is 14.3 Å². The number of para-hydroxylation sites is 1. The lowest BCUT2D eigenvalue weighted by Gasteiger charge is -2.36. The van der Waals surface area contributed by atoms with Gasteiger partial charge in [-0.15, -0.1) is 18.2 Å². The van der Waals surface area contributed by atoms with E-state index < -0.39 is 0 Å². The quantitative estimate of drug-likeness (QED) is 0.473. The molecular weight excluding hydrogens is 468 g/mol. The highest BCUT2D eigenvalue weighted by atomic mass is 32.2. The van der Waals surface area contributed by atoms with Crippen LogP contribution in [-0.2, 0) is 16.1 Å². The molecule has 2 aromatic carbocycles. The number of nitrogens with zero attached hydrogens (tertiary/aromatic N) is 4. The highest BCUT2D eigenvalue weighted by Gasteiger charge is 2.21. The maximum absolute atomic E-state index is 12.6. The van der Waals surface area contributed by atoms with Gasteiger partial charge in [0.1, 0.15) is 5.75 Å². The smallest absolute Gasteiger partial charge is 0.258 e. The molecule has 0 aliphatic carbocycles. The number of thioether (sulfide) groups is 1. The van der Waals surface area contributed by atoms with Gasteiger partial charge in [-0.05, 0) is 30.3 Å². The number of hydrogen-bond acceptors (Lipinski definition) is 6. The van der Waals surface area contributed by atoms with E-state index in [0.29, 0.717) is 24.4 Å². The van der Waals surface area contributed by atoms with Gasteiger partial charge in [-0.1, -0.05) is 35.5 Å². The Balaban J connectivity index is 1.32. The SMILES string of the molecule is C#CCn1c(=NC(=O)CSCC(=O)N2CCN(c3ccccc3)CC2)sc2cc(OC)ccc21. The largest absolute Gasteiger partial charge is 0.497 e. The van der Waals surface area contributed by atoms with Crippen molar-refractivity contribution in [2.75, 3.05) is 49.7 Å². The van der Waals surface area contributed by atoms with Crippen LogP contribution < -0.4 is 14.4 Å². The zero-order valence-corrected chi connectivity index (χ0v) is 20.6. The summed E-state index contributed by atoms with van der Waals surface area (Å²) in [6.07, 6.45) is 5.53. The van der Waals surface area contributed by atoms with Crippen LogP contribution >= 0.6 is 23.1 Å². The van der Waals surface area contributed by atoms with Crippen molar-refractivity contribution in [3.05, 3.63) is 53.3 Å². The van der Waals surface area contributed by atoms with Gasteiger partial charge in [-0.25, -0.2) is 0 Å². The molecule has 2 heterocycles. The number of thiazole rings is 1. The number of carbonyl (C=O) groups is 2. The summed E-state index contributed by atoms with van der Waals surface area (Å²) in [4.78, 5) is 34.1. The number of anilines is 1. The molecule has 1 aliphatic rings. The molecule has 4 rings (SSSR count). The van der Waals surface area contributed by atoms with Gasteiger partial charge in [0.25, 0.3) is 5.91 Å². The topological polar surface area (TPSA) is 67.1 Å². The predicted molar refractivity (Wildman–Crippen MR) is 138 cm³/mol. The Hall–Kier alpha value is -3.22. The van der Waals surface area contributed by atoms with E-state index in [1.807, 2.05) is 45.9 Å². The fraction of sp³-hybridized carbons (Fsp3) is 0.320. The number of fused-ring (bicyclic) bond motifs is 1. The van der Waals surface area contributed by atoms with Gasteiger partial charge in [0, 0.05) is 31.9 Å². The van der Waals surface area contributed by atoms with Crippen LogP contribution in [0.25, 0.3) is 10.2 Å². The average Bonchev–Trinajstić information content (AvgIpc) is 3.20. The summed E-state index contributed by atoms with van der Waals surface area (Å²) < 4.78 is 8.07. The van der Waals surface area contributed by atoms with E-state index in [2.05, 4.69) is 27.9 Å². The summed E-state index contributed by atoms with van der Waals surface area (Å²) in [5.74, 6) is 3.54. The van der Waals surface area contributed by atoms with Crippen LogP contribution in [0.5, 0.6) is 5.75 Å². The van der Waals surface area contributed by atoms with Crippen molar-refractivity contribution in [2.24, 2.45) is 4.99 Å². The maximum atomic E-state index is 12.6. The van der Waals surface area contributed by atoms with Gasteiger partial charge in [-0.2, -0.15) is 4.99 Å². The summed E-state index contributed by atoms with van der Waals surface area (Å²) in [5, 5.41) is 0. The molecule has 1 aromatic heterocycles. The Morgan fingerprint density at radius 3 is 2.59 bits per heavy atom. The predicted octanol–water partition coefficient (Wildman–Crippen LogP) is 2.85. The molecule has 2 amide bonds. The molecule has 9 heteroatoms. The van der Waals surface area contributed by atoms with Crippen molar-refractivity contribution in [2.45, 2.75) is 6.54 Å². The number of piperazine rings is 1. The molecule has 176 valence electrons. The Kier molecular flexibility index (Phi) is 7.93. The first-order chi connectivity index (χ1) is 16.6. The van der Waals surface area contributed by atoms with Crippen molar-refractivity contribution in [3.8, 4) is 18.1 Å². The lowest BCUT2D eigenvalue weighted by atomic mass is 10.2. The Morgan fingerprint density at radius 2 is 1.88 bits per heavy atom. The number of rotatable bonds is 7. The molecule has 1 aliphatic heterocycles. The molecule has 0 atom stereocenters. The van der Waals surface area contributed by atoms with Crippen LogP contribution in [0.3, 0.4) is 0 Å². The van der Waals surface area contributed by atoms with Crippen LogP contribution in [-0.4, -0.2) is 66.1 Å². The summed E-state index contributed by atoms with van der Waals surface area (Å²) in [5.41, 5.74) is 2.09. The third kappa shape index (κ3) is 5.64. The second kappa shape index (κ2) is 11.3. The first-order valence-corrected chi connectivity index (χ1v) is 12.9. The molecule has 7 nitrogen and oxygen atoms in total. The third-order valence-corrected chi connectivity index (χ3v) is 7.51. The normalized spacial score (nSPS) is 14.3. The maximum Gasteiger partial charge on any atom is 0.258 e. The van der Waals surface area contributed by atoms with Crippen LogP contribution in [0, 0.1) is 12.3 Å².